The molecule has 1 amide bonds. The molecule has 0 unspecified atom stereocenters. The molecular formula is C14H12FNO2. The summed E-state index contributed by atoms with van der Waals surface area (Å²) in [6.07, 6.45) is 0.177. The van der Waals surface area contributed by atoms with Crippen LogP contribution in [0.2, 0.25) is 0 Å². The van der Waals surface area contributed by atoms with Crippen molar-refractivity contribution in [3.05, 3.63) is 59.9 Å². The van der Waals surface area contributed by atoms with Gasteiger partial charge in [-0.05, 0) is 35.9 Å². The number of hydrogen-bond donors (Lipinski definition) is 2. The molecule has 0 saturated heterocycles. The Hall–Kier alpha value is -2.36. The van der Waals surface area contributed by atoms with Crippen LogP contribution in [0.15, 0.2) is 48.5 Å². The number of anilines is 1. The third-order valence-electron chi connectivity index (χ3n) is 2.41. The molecule has 2 rings (SSSR count). The first-order valence-electron chi connectivity index (χ1n) is 5.47. The Balaban J connectivity index is 1.98. The van der Waals surface area contributed by atoms with E-state index in [2.05, 4.69) is 5.32 Å². The smallest absolute Gasteiger partial charge is 0.228 e. The van der Waals surface area contributed by atoms with E-state index in [9.17, 15) is 9.18 Å². The SMILES string of the molecule is O=C(Cc1ccc(O)cc1)Nc1cccc(F)c1. The summed E-state index contributed by atoms with van der Waals surface area (Å²) >= 11 is 0. The molecule has 0 fully saturated rings. The molecule has 2 aromatic rings. The van der Waals surface area contributed by atoms with E-state index in [-0.39, 0.29) is 18.1 Å². The van der Waals surface area contributed by atoms with E-state index in [0.717, 1.165) is 5.56 Å². The quantitative estimate of drug-likeness (QED) is 0.873. The van der Waals surface area contributed by atoms with Gasteiger partial charge in [-0.25, -0.2) is 4.39 Å². The number of phenolic OH excluding ortho intramolecular Hbond substituents is 1. The van der Waals surface area contributed by atoms with Gasteiger partial charge in [-0.2, -0.15) is 0 Å². The predicted octanol–water partition coefficient (Wildman–Crippen LogP) is 2.71. The zero-order valence-electron chi connectivity index (χ0n) is 9.56. The number of rotatable bonds is 3. The van der Waals surface area contributed by atoms with E-state index in [1.54, 1.807) is 18.2 Å². The molecule has 4 heteroatoms. The molecule has 0 saturated carbocycles. The largest absolute Gasteiger partial charge is 0.508 e. The molecule has 92 valence electrons. The molecule has 2 aromatic carbocycles. The average Bonchev–Trinajstić information content (AvgIpc) is 2.32. The van der Waals surface area contributed by atoms with Crippen LogP contribution in [0, 0.1) is 5.82 Å². The van der Waals surface area contributed by atoms with E-state index < -0.39 is 5.82 Å². The van der Waals surface area contributed by atoms with E-state index in [1.807, 2.05) is 0 Å². The van der Waals surface area contributed by atoms with Crippen molar-refractivity contribution in [1.82, 2.24) is 0 Å². The maximum absolute atomic E-state index is 12.9. The summed E-state index contributed by atoms with van der Waals surface area (Å²) in [5, 5.41) is 11.7. The van der Waals surface area contributed by atoms with Crippen molar-refractivity contribution in [3.8, 4) is 5.75 Å². The number of benzene rings is 2. The normalized spacial score (nSPS) is 10.1. The van der Waals surface area contributed by atoms with Crippen LogP contribution in [0.4, 0.5) is 10.1 Å². The number of amides is 1. The van der Waals surface area contributed by atoms with E-state index in [0.29, 0.717) is 5.69 Å². The lowest BCUT2D eigenvalue weighted by atomic mass is 10.1. The summed E-state index contributed by atoms with van der Waals surface area (Å²) in [7, 11) is 0. The van der Waals surface area contributed by atoms with Crippen LogP contribution in [-0.2, 0) is 11.2 Å². The number of carbonyl (C=O) groups excluding carboxylic acids is 1. The first-order chi connectivity index (χ1) is 8.63. The van der Waals surface area contributed by atoms with E-state index in [4.69, 9.17) is 5.11 Å². The Morgan fingerprint density at radius 3 is 2.56 bits per heavy atom. The Bertz CT molecular complexity index is 552. The van der Waals surface area contributed by atoms with Gasteiger partial charge in [-0.1, -0.05) is 18.2 Å². The Labute approximate surface area is 104 Å². The first-order valence-corrected chi connectivity index (χ1v) is 5.47. The minimum absolute atomic E-state index is 0.157. The van der Waals surface area contributed by atoms with Crippen LogP contribution in [0.1, 0.15) is 5.56 Å². The monoisotopic (exact) mass is 245 g/mol. The van der Waals surface area contributed by atoms with Crippen molar-refractivity contribution in [3.63, 3.8) is 0 Å². The van der Waals surface area contributed by atoms with Crippen LogP contribution < -0.4 is 5.32 Å². The highest BCUT2D eigenvalue weighted by molar-refractivity contribution is 5.92. The fraction of sp³-hybridized carbons (Fsp3) is 0.0714. The van der Waals surface area contributed by atoms with Gasteiger partial charge in [-0.15, -0.1) is 0 Å². The van der Waals surface area contributed by atoms with Crippen molar-refractivity contribution in [1.29, 1.82) is 0 Å². The fourth-order valence-corrected chi connectivity index (χ4v) is 1.57. The van der Waals surface area contributed by atoms with Gasteiger partial charge < -0.3 is 10.4 Å². The van der Waals surface area contributed by atoms with E-state index >= 15 is 0 Å². The summed E-state index contributed by atoms with van der Waals surface area (Å²) in [5.41, 5.74) is 1.21. The fourth-order valence-electron chi connectivity index (χ4n) is 1.57. The van der Waals surface area contributed by atoms with E-state index in [1.165, 1.54) is 30.3 Å². The number of carbonyl (C=O) groups is 1. The maximum Gasteiger partial charge on any atom is 0.228 e. The van der Waals surface area contributed by atoms with Gasteiger partial charge in [0.25, 0.3) is 0 Å². The zero-order chi connectivity index (χ0) is 13.0. The number of aromatic hydroxyl groups is 1. The van der Waals surface area contributed by atoms with Gasteiger partial charge in [0.2, 0.25) is 5.91 Å². The highest BCUT2D eigenvalue weighted by Crippen LogP contribution is 2.12. The molecule has 0 aliphatic carbocycles. The van der Waals surface area contributed by atoms with Crippen LogP contribution in [0.25, 0.3) is 0 Å². The van der Waals surface area contributed by atoms with Gasteiger partial charge in [0.05, 0.1) is 6.42 Å². The number of phenols is 1. The molecule has 18 heavy (non-hydrogen) atoms. The summed E-state index contributed by atoms with van der Waals surface area (Å²) in [6, 6.07) is 12.1. The van der Waals surface area contributed by atoms with Gasteiger partial charge in [0.1, 0.15) is 11.6 Å². The Morgan fingerprint density at radius 1 is 1.17 bits per heavy atom. The molecule has 0 aliphatic rings. The third kappa shape index (κ3) is 3.31. The number of halogens is 1. The molecular weight excluding hydrogens is 233 g/mol. The zero-order valence-corrected chi connectivity index (χ0v) is 9.56. The first kappa shape index (κ1) is 12.1. The Morgan fingerprint density at radius 2 is 1.89 bits per heavy atom. The van der Waals surface area contributed by atoms with Gasteiger partial charge in [0.15, 0.2) is 0 Å². The molecule has 0 atom stereocenters. The Kier molecular flexibility index (Phi) is 3.57. The second-order valence-corrected chi connectivity index (χ2v) is 3.90. The summed E-state index contributed by atoms with van der Waals surface area (Å²) in [4.78, 5) is 11.7. The lowest BCUT2D eigenvalue weighted by Crippen LogP contribution is -2.14. The van der Waals surface area contributed by atoms with Crippen LogP contribution in [0.3, 0.4) is 0 Å². The lowest BCUT2D eigenvalue weighted by molar-refractivity contribution is -0.115. The molecule has 0 aliphatic heterocycles. The van der Waals surface area contributed by atoms with Crippen LogP contribution >= 0.6 is 0 Å². The van der Waals surface area contributed by atoms with Crippen molar-refractivity contribution in [2.24, 2.45) is 0 Å². The minimum atomic E-state index is -0.391. The molecule has 3 nitrogen and oxygen atoms in total. The van der Waals surface area contributed by atoms with Crippen molar-refractivity contribution >= 4 is 11.6 Å². The van der Waals surface area contributed by atoms with Gasteiger partial charge in [0, 0.05) is 5.69 Å². The van der Waals surface area contributed by atoms with Gasteiger partial charge >= 0.3 is 0 Å². The standard InChI is InChI=1S/C14H12FNO2/c15-11-2-1-3-12(9-11)16-14(18)8-10-4-6-13(17)7-5-10/h1-7,9,17H,8H2,(H,16,18). The molecule has 2 N–H and O–H groups in total. The number of hydrogen-bond acceptors (Lipinski definition) is 2. The molecule has 0 spiro atoms. The van der Waals surface area contributed by atoms with Crippen molar-refractivity contribution < 1.29 is 14.3 Å². The summed E-state index contributed by atoms with van der Waals surface area (Å²) in [5.74, 6) is -0.465. The lowest BCUT2D eigenvalue weighted by Gasteiger charge is -2.05. The topological polar surface area (TPSA) is 49.3 Å². The maximum atomic E-state index is 12.9. The summed E-state index contributed by atoms with van der Waals surface area (Å²) < 4.78 is 12.9. The van der Waals surface area contributed by atoms with Crippen molar-refractivity contribution in [2.45, 2.75) is 6.42 Å². The van der Waals surface area contributed by atoms with Crippen LogP contribution in [0.5, 0.6) is 5.75 Å². The molecule has 0 bridgehead atoms. The molecule has 0 heterocycles. The van der Waals surface area contributed by atoms with Crippen molar-refractivity contribution in [2.75, 3.05) is 5.32 Å². The third-order valence-corrected chi connectivity index (χ3v) is 2.41. The highest BCUT2D eigenvalue weighted by atomic mass is 19.1. The molecule has 0 aromatic heterocycles. The second kappa shape index (κ2) is 5.31. The predicted molar refractivity (Wildman–Crippen MR) is 66.8 cm³/mol. The average molecular weight is 245 g/mol. The second-order valence-electron chi connectivity index (χ2n) is 3.90. The number of nitrogens with one attached hydrogen (secondary N) is 1. The molecule has 0 radical (unpaired) electrons. The highest BCUT2D eigenvalue weighted by Gasteiger charge is 2.04. The summed E-state index contributed by atoms with van der Waals surface area (Å²) in [6.45, 7) is 0. The van der Waals surface area contributed by atoms with Gasteiger partial charge in [-0.3, -0.25) is 4.79 Å². The van der Waals surface area contributed by atoms with Crippen LogP contribution in [-0.4, -0.2) is 11.0 Å². The minimum Gasteiger partial charge on any atom is -0.508 e.